The second-order valence-corrected chi connectivity index (χ2v) is 6.29. The fourth-order valence-electron chi connectivity index (χ4n) is 2.32. The monoisotopic (exact) mass is 354 g/mol. The number of carbonyl (C=O) groups excluding carboxylic acids is 1. The molecule has 0 aliphatic carbocycles. The average Bonchev–Trinajstić information content (AvgIpc) is 3.12. The van der Waals surface area contributed by atoms with Gasteiger partial charge >= 0.3 is 0 Å². The van der Waals surface area contributed by atoms with E-state index < -0.39 is 0 Å². The van der Waals surface area contributed by atoms with E-state index in [-0.39, 0.29) is 5.91 Å². The van der Waals surface area contributed by atoms with Crippen LogP contribution in [0.2, 0.25) is 0 Å². The van der Waals surface area contributed by atoms with Gasteiger partial charge in [-0.3, -0.25) is 4.79 Å². The summed E-state index contributed by atoms with van der Waals surface area (Å²) in [6.45, 7) is 2.04. The van der Waals surface area contributed by atoms with Gasteiger partial charge in [-0.2, -0.15) is 0 Å². The number of benzene rings is 2. The topological polar surface area (TPSA) is 60.5 Å². The number of carbonyl (C=O) groups is 1. The molecule has 3 aromatic rings. The first-order valence-electron chi connectivity index (χ1n) is 7.66. The standard InChI is InChI=1S/C19H18N2O3S/c1-12-4-6-13(7-5-12)19-21-15(11-25-19)18(22)20-14-8-9-16(23-2)17(10-14)24-3/h4-11H,1-3H3,(H,20,22). The number of rotatable bonds is 5. The molecule has 0 radical (unpaired) electrons. The average molecular weight is 354 g/mol. The summed E-state index contributed by atoms with van der Waals surface area (Å²) in [5, 5.41) is 5.40. The highest BCUT2D eigenvalue weighted by Crippen LogP contribution is 2.30. The van der Waals surface area contributed by atoms with Gasteiger partial charge in [-0.15, -0.1) is 11.3 Å². The number of nitrogens with zero attached hydrogens (tertiary/aromatic N) is 1. The summed E-state index contributed by atoms with van der Waals surface area (Å²) in [6, 6.07) is 13.3. The van der Waals surface area contributed by atoms with Gasteiger partial charge < -0.3 is 14.8 Å². The van der Waals surface area contributed by atoms with Gasteiger partial charge in [0, 0.05) is 22.7 Å². The van der Waals surface area contributed by atoms with Crippen LogP contribution in [0.4, 0.5) is 5.69 Å². The SMILES string of the molecule is COc1ccc(NC(=O)c2csc(-c3ccc(C)cc3)n2)cc1OC. The second-order valence-electron chi connectivity index (χ2n) is 5.43. The first kappa shape index (κ1) is 17.0. The lowest BCUT2D eigenvalue weighted by Crippen LogP contribution is -2.12. The number of ether oxygens (including phenoxy) is 2. The molecule has 1 aromatic heterocycles. The molecule has 5 nitrogen and oxygen atoms in total. The lowest BCUT2D eigenvalue weighted by atomic mass is 10.2. The molecule has 1 heterocycles. The van der Waals surface area contributed by atoms with Crippen LogP contribution >= 0.6 is 11.3 Å². The number of hydrogen-bond donors (Lipinski definition) is 1. The molecule has 6 heteroatoms. The molecule has 3 rings (SSSR count). The Morgan fingerprint density at radius 1 is 1.04 bits per heavy atom. The number of aryl methyl sites for hydroxylation is 1. The number of methoxy groups -OCH3 is 2. The van der Waals surface area contributed by atoms with Crippen molar-refractivity contribution in [3.8, 4) is 22.1 Å². The Balaban J connectivity index is 1.77. The molecule has 0 fully saturated rings. The van der Waals surface area contributed by atoms with Crippen LogP contribution in [0.1, 0.15) is 16.1 Å². The number of amides is 1. The molecular weight excluding hydrogens is 336 g/mol. The smallest absolute Gasteiger partial charge is 0.275 e. The van der Waals surface area contributed by atoms with E-state index in [0.717, 1.165) is 10.6 Å². The van der Waals surface area contributed by atoms with Crippen LogP contribution in [0.15, 0.2) is 47.8 Å². The molecule has 0 aliphatic heterocycles. The summed E-state index contributed by atoms with van der Waals surface area (Å²) >= 11 is 1.44. The van der Waals surface area contributed by atoms with Crippen molar-refractivity contribution < 1.29 is 14.3 Å². The number of anilines is 1. The number of nitrogens with one attached hydrogen (secondary N) is 1. The Hall–Kier alpha value is -2.86. The van der Waals surface area contributed by atoms with Crippen molar-refractivity contribution in [2.24, 2.45) is 0 Å². The fraction of sp³-hybridized carbons (Fsp3) is 0.158. The van der Waals surface area contributed by atoms with Gasteiger partial charge in [-0.25, -0.2) is 4.98 Å². The zero-order chi connectivity index (χ0) is 17.8. The summed E-state index contributed by atoms with van der Waals surface area (Å²) in [5.41, 5.74) is 3.19. The molecule has 128 valence electrons. The Bertz CT molecular complexity index is 888. The van der Waals surface area contributed by atoms with Gasteiger partial charge in [-0.05, 0) is 19.1 Å². The predicted octanol–water partition coefficient (Wildman–Crippen LogP) is 4.39. The zero-order valence-electron chi connectivity index (χ0n) is 14.2. The van der Waals surface area contributed by atoms with Crippen LogP contribution in [0.5, 0.6) is 11.5 Å². The highest BCUT2D eigenvalue weighted by Gasteiger charge is 2.13. The minimum absolute atomic E-state index is 0.262. The normalized spacial score (nSPS) is 10.4. The lowest BCUT2D eigenvalue weighted by molar-refractivity contribution is 0.102. The van der Waals surface area contributed by atoms with Crippen molar-refractivity contribution in [1.29, 1.82) is 0 Å². The highest BCUT2D eigenvalue weighted by atomic mass is 32.1. The quantitative estimate of drug-likeness (QED) is 0.738. The maximum absolute atomic E-state index is 12.4. The molecule has 0 unspecified atom stereocenters. The summed E-state index contributed by atoms with van der Waals surface area (Å²) in [7, 11) is 3.12. The maximum Gasteiger partial charge on any atom is 0.275 e. The number of thiazole rings is 1. The Labute approximate surface area is 150 Å². The van der Waals surface area contributed by atoms with Gasteiger partial charge in [0.2, 0.25) is 0 Å². The van der Waals surface area contributed by atoms with Crippen molar-refractivity contribution in [3.05, 3.63) is 59.1 Å². The minimum atomic E-state index is -0.262. The molecule has 2 aromatic carbocycles. The van der Waals surface area contributed by atoms with Crippen LogP contribution in [0.25, 0.3) is 10.6 Å². The fourth-order valence-corrected chi connectivity index (χ4v) is 3.12. The minimum Gasteiger partial charge on any atom is -0.493 e. The molecule has 1 N–H and O–H groups in total. The van der Waals surface area contributed by atoms with Crippen LogP contribution in [-0.4, -0.2) is 25.1 Å². The Morgan fingerprint density at radius 2 is 1.76 bits per heavy atom. The van der Waals surface area contributed by atoms with Crippen LogP contribution in [0, 0.1) is 6.92 Å². The Morgan fingerprint density at radius 3 is 2.44 bits per heavy atom. The third-order valence-electron chi connectivity index (χ3n) is 3.68. The second kappa shape index (κ2) is 7.36. The van der Waals surface area contributed by atoms with E-state index in [0.29, 0.717) is 22.9 Å². The van der Waals surface area contributed by atoms with Gasteiger partial charge in [0.15, 0.2) is 11.5 Å². The molecular formula is C19H18N2O3S. The lowest BCUT2D eigenvalue weighted by Gasteiger charge is -2.10. The largest absolute Gasteiger partial charge is 0.493 e. The summed E-state index contributed by atoms with van der Waals surface area (Å²) < 4.78 is 10.4. The van der Waals surface area contributed by atoms with Crippen LogP contribution in [0.3, 0.4) is 0 Å². The van der Waals surface area contributed by atoms with E-state index in [4.69, 9.17) is 9.47 Å². The molecule has 0 atom stereocenters. The van der Waals surface area contributed by atoms with E-state index >= 15 is 0 Å². The van der Waals surface area contributed by atoms with Gasteiger partial charge in [0.25, 0.3) is 5.91 Å². The van der Waals surface area contributed by atoms with Gasteiger partial charge in [-0.1, -0.05) is 29.8 Å². The van der Waals surface area contributed by atoms with Crippen molar-refractivity contribution in [2.45, 2.75) is 6.92 Å². The number of aromatic nitrogens is 1. The third kappa shape index (κ3) is 3.80. The first-order chi connectivity index (χ1) is 12.1. The van der Waals surface area contributed by atoms with E-state index in [1.165, 1.54) is 16.9 Å². The van der Waals surface area contributed by atoms with Crippen molar-refractivity contribution in [1.82, 2.24) is 4.98 Å². The maximum atomic E-state index is 12.4. The summed E-state index contributed by atoms with van der Waals surface area (Å²) in [6.07, 6.45) is 0. The molecule has 0 spiro atoms. The van der Waals surface area contributed by atoms with E-state index in [1.807, 2.05) is 31.2 Å². The van der Waals surface area contributed by atoms with Crippen LogP contribution in [-0.2, 0) is 0 Å². The van der Waals surface area contributed by atoms with Crippen LogP contribution < -0.4 is 14.8 Å². The Kier molecular flexibility index (Phi) is 5.00. The predicted molar refractivity (Wildman–Crippen MR) is 99.8 cm³/mol. The van der Waals surface area contributed by atoms with Gasteiger partial charge in [0.05, 0.1) is 14.2 Å². The van der Waals surface area contributed by atoms with E-state index in [2.05, 4.69) is 10.3 Å². The summed E-state index contributed by atoms with van der Waals surface area (Å²) in [5.74, 6) is 0.900. The molecule has 1 amide bonds. The first-order valence-corrected chi connectivity index (χ1v) is 8.54. The van der Waals surface area contributed by atoms with E-state index in [1.54, 1.807) is 37.8 Å². The van der Waals surface area contributed by atoms with Crippen molar-refractivity contribution >= 4 is 22.9 Å². The molecule has 0 saturated heterocycles. The van der Waals surface area contributed by atoms with Crippen molar-refractivity contribution in [3.63, 3.8) is 0 Å². The number of hydrogen-bond acceptors (Lipinski definition) is 5. The van der Waals surface area contributed by atoms with Crippen molar-refractivity contribution in [2.75, 3.05) is 19.5 Å². The van der Waals surface area contributed by atoms with E-state index in [9.17, 15) is 4.79 Å². The molecule has 0 aliphatic rings. The highest BCUT2D eigenvalue weighted by molar-refractivity contribution is 7.13. The molecule has 0 saturated carbocycles. The summed E-state index contributed by atoms with van der Waals surface area (Å²) in [4.78, 5) is 16.9. The van der Waals surface area contributed by atoms with Gasteiger partial charge in [0.1, 0.15) is 10.7 Å². The molecule has 25 heavy (non-hydrogen) atoms. The molecule has 0 bridgehead atoms. The zero-order valence-corrected chi connectivity index (χ0v) is 15.0. The third-order valence-corrected chi connectivity index (χ3v) is 4.57.